The summed E-state index contributed by atoms with van der Waals surface area (Å²) in [5.74, 6) is 1.59. The van der Waals surface area contributed by atoms with Crippen LogP contribution >= 0.6 is 0 Å². The molecule has 198 valence electrons. The van der Waals surface area contributed by atoms with E-state index in [1.54, 1.807) is 18.3 Å². The summed E-state index contributed by atoms with van der Waals surface area (Å²) in [6, 6.07) is 19.6. The summed E-state index contributed by atoms with van der Waals surface area (Å²) in [4.78, 5) is 31.2. The van der Waals surface area contributed by atoms with Crippen LogP contribution in [0.3, 0.4) is 0 Å². The van der Waals surface area contributed by atoms with E-state index in [9.17, 15) is 15.3 Å². The third-order valence-electron chi connectivity index (χ3n) is 7.58. The van der Waals surface area contributed by atoms with Crippen LogP contribution < -0.4 is 9.80 Å². The van der Waals surface area contributed by atoms with Gasteiger partial charge in [0.1, 0.15) is 29.5 Å². The molecule has 9 heteroatoms. The second-order valence-corrected chi connectivity index (χ2v) is 10.2. The second-order valence-electron chi connectivity index (χ2n) is 10.2. The smallest absolute Gasteiger partial charge is 0.254 e. The second kappa shape index (κ2) is 11.5. The number of benzene rings is 1. The standard InChI is InChI=1S/C30H32N8O/c1-22-8-9-24(21-35-11-13-36(14-12-35)29-25(18-31)5-4-10-33-29)17-27(22)30(39)38-16-15-37(20-23(38)2)28-7-3-6-26(19-32)34-28/h3-10,17,23H,11-16,20-21H2,1-2H3/t23-/m0/s1. The Bertz CT molecular complexity index is 1430. The van der Waals surface area contributed by atoms with Crippen molar-refractivity contribution in [1.29, 1.82) is 10.5 Å². The number of hydrogen-bond donors (Lipinski definition) is 0. The average Bonchev–Trinajstić information content (AvgIpc) is 2.98. The van der Waals surface area contributed by atoms with Gasteiger partial charge < -0.3 is 14.7 Å². The van der Waals surface area contributed by atoms with Crippen LogP contribution in [0.1, 0.15) is 39.7 Å². The van der Waals surface area contributed by atoms with Gasteiger partial charge in [-0.3, -0.25) is 9.69 Å². The number of carbonyl (C=O) groups excluding carboxylic acids is 1. The Morgan fingerprint density at radius 3 is 2.51 bits per heavy atom. The molecule has 0 unspecified atom stereocenters. The highest BCUT2D eigenvalue weighted by Gasteiger charge is 2.30. The fraction of sp³-hybridized carbons (Fsp3) is 0.367. The van der Waals surface area contributed by atoms with Gasteiger partial charge in [0.25, 0.3) is 5.91 Å². The number of carbonyl (C=O) groups is 1. The van der Waals surface area contributed by atoms with Crippen LogP contribution in [0.2, 0.25) is 0 Å². The molecular formula is C30H32N8O. The maximum Gasteiger partial charge on any atom is 0.254 e. The number of nitrogens with zero attached hydrogens (tertiary/aromatic N) is 8. The summed E-state index contributed by atoms with van der Waals surface area (Å²) < 4.78 is 0. The molecule has 1 atom stereocenters. The number of rotatable bonds is 5. The lowest BCUT2D eigenvalue weighted by molar-refractivity contribution is 0.0672. The van der Waals surface area contributed by atoms with Gasteiger partial charge in [0.05, 0.1) is 5.56 Å². The average molecular weight is 521 g/mol. The van der Waals surface area contributed by atoms with Crippen LogP contribution in [-0.4, -0.2) is 77.5 Å². The zero-order valence-corrected chi connectivity index (χ0v) is 22.4. The minimum atomic E-state index is 0.0137. The molecule has 2 saturated heterocycles. The van der Waals surface area contributed by atoms with Crippen molar-refractivity contribution in [3.8, 4) is 12.1 Å². The Balaban J connectivity index is 1.22. The lowest BCUT2D eigenvalue weighted by Gasteiger charge is -2.40. The first-order chi connectivity index (χ1) is 19.0. The number of hydrogen-bond acceptors (Lipinski definition) is 8. The highest BCUT2D eigenvalue weighted by molar-refractivity contribution is 5.96. The number of piperazine rings is 2. The van der Waals surface area contributed by atoms with Crippen LogP contribution in [0.25, 0.3) is 0 Å². The van der Waals surface area contributed by atoms with Gasteiger partial charge in [0, 0.05) is 70.2 Å². The monoisotopic (exact) mass is 520 g/mol. The summed E-state index contributed by atoms with van der Waals surface area (Å²) in [5, 5.41) is 18.6. The Hall–Kier alpha value is -4.47. The number of amides is 1. The molecule has 0 aliphatic carbocycles. The van der Waals surface area contributed by atoms with Crippen molar-refractivity contribution in [1.82, 2.24) is 19.8 Å². The molecule has 0 radical (unpaired) electrons. The van der Waals surface area contributed by atoms with E-state index >= 15 is 0 Å². The van der Waals surface area contributed by atoms with Crippen molar-refractivity contribution in [2.75, 3.05) is 55.6 Å². The Morgan fingerprint density at radius 2 is 1.77 bits per heavy atom. The fourth-order valence-electron chi connectivity index (χ4n) is 5.39. The van der Waals surface area contributed by atoms with Crippen LogP contribution in [0.5, 0.6) is 0 Å². The van der Waals surface area contributed by atoms with Crippen LogP contribution in [0, 0.1) is 29.6 Å². The molecular weight excluding hydrogens is 488 g/mol. The topological polar surface area (TPSA) is 103 Å². The van der Waals surface area contributed by atoms with E-state index in [0.717, 1.165) is 61.0 Å². The maximum absolute atomic E-state index is 13.7. The zero-order valence-electron chi connectivity index (χ0n) is 22.4. The molecule has 3 aromatic rings. The SMILES string of the molecule is Cc1ccc(CN2CCN(c3ncccc3C#N)CC2)cc1C(=O)N1CCN(c2cccc(C#N)n2)C[C@@H]1C. The Morgan fingerprint density at radius 1 is 0.974 bits per heavy atom. The van der Waals surface area contributed by atoms with E-state index < -0.39 is 0 Å². The summed E-state index contributed by atoms with van der Waals surface area (Å²) >= 11 is 0. The van der Waals surface area contributed by atoms with Gasteiger partial charge in [-0.1, -0.05) is 18.2 Å². The van der Waals surface area contributed by atoms with Crippen molar-refractivity contribution < 1.29 is 4.79 Å². The quantitative estimate of drug-likeness (QED) is 0.505. The normalized spacial score (nSPS) is 17.9. The van der Waals surface area contributed by atoms with Crippen molar-refractivity contribution in [3.63, 3.8) is 0 Å². The molecule has 2 aliphatic rings. The summed E-state index contributed by atoms with van der Waals surface area (Å²) in [6.45, 7) is 10.1. The van der Waals surface area contributed by atoms with Crippen molar-refractivity contribution in [2.45, 2.75) is 26.4 Å². The van der Waals surface area contributed by atoms with Crippen LogP contribution in [0.15, 0.2) is 54.7 Å². The first-order valence-electron chi connectivity index (χ1n) is 13.3. The zero-order chi connectivity index (χ0) is 27.4. The largest absolute Gasteiger partial charge is 0.353 e. The van der Waals surface area contributed by atoms with Crippen LogP contribution in [0.4, 0.5) is 11.6 Å². The number of nitriles is 2. The van der Waals surface area contributed by atoms with Gasteiger partial charge in [-0.15, -0.1) is 0 Å². The predicted octanol–water partition coefficient (Wildman–Crippen LogP) is 3.20. The molecule has 39 heavy (non-hydrogen) atoms. The van der Waals surface area contributed by atoms with Gasteiger partial charge in [0.15, 0.2) is 0 Å². The number of anilines is 2. The van der Waals surface area contributed by atoms with Gasteiger partial charge in [0.2, 0.25) is 0 Å². The molecule has 1 aromatic carbocycles. The molecule has 5 rings (SSSR count). The highest BCUT2D eigenvalue weighted by atomic mass is 16.2. The van der Waals surface area contributed by atoms with Crippen LogP contribution in [-0.2, 0) is 6.54 Å². The van der Waals surface area contributed by atoms with E-state index in [4.69, 9.17) is 0 Å². The number of pyridine rings is 2. The summed E-state index contributed by atoms with van der Waals surface area (Å²) in [5.41, 5.74) is 3.86. The van der Waals surface area contributed by atoms with Gasteiger partial charge >= 0.3 is 0 Å². The van der Waals surface area contributed by atoms with Crippen molar-refractivity contribution in [2.24, 2.45) is 0 Å². The minimum Gasteiger partial charge on any atom is -0.353 e. The van der Waals surface area contributed by atoms with E-state index in [0.29, 0.717) is 30.9 Å². The molecule has 2 aliphatic heterocycles. The molecule has 2 aromatic heterocycles. The highest BCUT2D eigenvalue weighted by Crippen LogP contribution is 2.23. The van der Waals surface area contributed by atoms with Gasteiger partial charge in [-0.05, 0) is 55.3 Å². The third kappa shape index (κ3) is 5.69. The molecule has 0 saturated carbocycles. The minimum absolute atomic E-state index is 0.0137. The predicted molar refractivity (Wildman–Crippen MR) is 149 cm³/mol. The fourth-order valence-corrected chi connectivity index (χ4v) is 5.39. The molecule has 9 nitrogen and oxygen atoms in total. The molecule has 4 heterocycles. The maximum atomic E-state index is 13.7. The third-order valence-corrected chi connectivity index (χ3v) is 7.58. The lowest BCUT2D eigenvalue weighted by Crippen LogP contribution is -2.54. The molecule has 0 spiro atoms. The Kier molecular flexibility index (Phi) is 7.72. The number of aromatic nitrogens is 2. The lowest BCUT2D eigenvalue weighted by atomic mass is 10.0. The molecule has 2 fully saturated rings. The first kappa shape index (κ1) is 26.1. The van der Waals surface area contributed by atoms with Gasteiger partial charge in [-0.2, -0.15) is 10.5 Å². The first-order valence-corrected chi connectivity index (χ1v) is 13.3. The van der Waals surface area contributed by atoms with Gasteiger partial charge in [-0.25, -0.2) is 9.97 Å². The van der Waals surface area contributed by atoms with E-state index in [2.05, 4.69) is 49.8 Å². The molecule has 0 bridgehead atoms. The summed E-state index contributed by atoms with van der Waals surface area (Å²) in [7, 11) is 0. The summed E-state index contributed by atoms with van der Waals surface area (Å²) in [6.07, 6.45) is 1.73. The number of aryl methyl sites for hydroxylation is 1. The molecule has 1 amide bonds. The van der Waals surface area contributed by atoms with E-state index in [-0.39, 0.29) is 11.9 Å². The van der Waals surface area contributed by atoms with Crippen molar-refractivity contribution >= 4 is 17.5 Å². The molecule has 0 N–H and O–H groups in total. The van der Waals surface area contributed by atoms with E-state index in [1.807, 2.05) is 42.2 Å². The van der Waals surface area contributed by atoms with E-state index in [1.165, 1.54) is 0 Å². The van der Waals surface area contributed by atoms with Crippen molar-refractivity contribution in [3.05, 3.63) is 82.7 Å². The Labute approximate surface area is 229 Å².